The molecule has 1 heterocycles. The number of carbonyl (C=O) groups is 2. The largest absolute Gasteiger partial charge is 0.445 e. The maximum absolute atomic E-state index is 13.2. The number of carbonyl (C=O) groups excluding carboxylic acids is 2. The fraction of sp³-hybridized carbons (Fsp3) is 0.656. The van der Waals surface area contributed by atoms with Gasteiger partial charge in [0.2, 0.25) is 0 Å². The summed E-state index contributed by atoms with van der Waals surface area (Å²) in [6.45, 7) is 4.86. The highest BCUT2D eigenvalue weighted by atomic mass is 16.8. The van der Waals surface area contributed by atoms with Crippen LogP contribution in [0.15, 0.2) is 109 Å². The molecular formula is C64H98N2O6. The van der Waals surface area contributed by atoms with E-state index >= 15 is 0 Å². The molecule has 0 aromatic heterocycles. The van der Waals surface area contributed by atoms with Crippen molar-refractivity contribution in [2.45, 2.75) is 263 Å². The first kappa shape index (κ1) is 58.7. The van der Waals surface area contributed by atoms with Gasteiger partial charge in [0.25, 0.3) is 0 Å². The Kier molecular flexibility index (Phi) is 29.3. The lowest BCUT2D eigenvalue weighted by molar-refractivity contribution is -0.208. The summed E-state index contributed by atoms with van der Waals surface area (Å²) in [5.74, 6) is -0.626. The zero-order valence-electron chi connectivity index (χ0n) is 45.2. The minimum absolute atomic E-state index is 0.165. The highest BCUT2D eigenvalue weighted by Crippen LogP contribution is 2.53. The van der Waals surface area contributed by atoms with Crippen LogP contribution in [-0.4, -0.2) is 42.3 Å². The molecule has 2 aromatic rings. The van der Waals surface area contributed by atoms with Gasteiger partial charge >= 0.3 is 12.2 Å². The van der Waals surface area contributed by atoms with Gasteiger partial charge in [-0.3, -0.25) is 0 Å². The summed E-state index contributed by atoms with van der Waals surface area (Å²) in [7, 11) is 0. The van der Waals surface area contributed by atoms with E-state index in [4.69, 9.17) is 18.9 Å². The fourth-order valence-corrected chi connectivity index (χ4v) is 11.1. The summed E-state index contributed by atoms with van der Waals surface area (Å²) >= 11 is 0. The predicted molar refractivity (Wildman–Crippen MR) is 298 cm³/mol. The summed E-state index contributed by atoms with van der Waals surface area (Å²) in [5.41, 5.74) is 2.15. The van der Waals surface area contributed by atoms with E-state index in [9.17, 15) is 9.59 Å². The number of unbranched alkanes of at least 4 members (excludes halogenated alkanes) is 18. The van der Waals surface area contributed by atoms with Crippen LogP contribution < -0.4 is 10.6 Å². The van der Waals surface area contributed by atoms with E-state index in [0.717, 1.165) is 49.7 Å². The Bertz CT molecular complexity index is 1710. The van der Waals surface area contributed by atoms with Gasteiger partial charge in [-0.15, -0.1) is 0 Å². The highest BCUT2D eigenvalue weighted by molar-refractivity contribution is 5.69. The first-order valence-corrected chi connectivity index (χ1v) is 29.3. The summed E-state index contributed by atoms with van der Waals surface area (Å²) < 4.78 is 25.3. The van der Waals surface area contributed by atoms with Crippen molar-refractivity contribution in [3.05, 3.63) is 120 Å². The Morgan fingerprint density at radius 3 is 1.24 bits per heavy atom. The van der Waals surface area contributed by atoms with Crippen LogP contribution in [-0.2, 0) is 32.2 Å². The Labute approximate surface area is 438 Å². The van der Waals surface area contributed by atoms with E-state index in [1.165, 1.54) is 154 Å². The minimum Gasteiger partial charge on any atom is -0.445 e. The molecule has 2 saturated carbocycles. The van der Waals surface area contributed by atoms with Crippen molar-refractivity contribution < 1.29 is 28.5 Å². The molecule has 8 nitrogen and oxygen atoms in total. The maximum atomic E-state index is 13.2. The summed E-state index contributed by atoms with van der Waals surface area (Å²) in [6.07, 6.45) is 55.7. The highest BCUT2D eigenvalue weighted by Gasteiger charge is 2.55. The molecule has 2 amide bonds. The molecule has 5 rings (SSSR count). The van der Waals surface area contributed by atoms with Crippen molar-refractivity contribution >= 4 is 12.2 Å². The lowest BCUT2D eigenvalue weighted by Gasteiger charge is -2.44. The average Bonchev–Trinajstić information content (AvgIpc) is 3.75. The molecule has 8 heteroatoms. The van der Waals surface area contributed by atoms with E-state index < -0.39 is 30.1 Å². The van der Waals surface area contributed by atoms with Crippen molar-refractivity contribution in [1.82, 2.24) is 10.6 Å². The Balaban J connectivity index is 1.09. The van der Waals surface area contributed by atoms with Crippen LogP contribution in [0.4, 0.5) is 9.59 Å². The molecule has 72 heavy (non-hydrogen) atoms. The van der Waals surface area contributed by atoms with Crippen LogP contribution in [0, 0.1) is 5.41 Å². The van der Waals surface area contributed by atoms with Gasteiger partial charge in [-0.25, -0.2) is 9.59 Å². The Hall–Kier alpha value is -4.14. The van der Waals surface area contributed by atoms with Gasteiger partial charge in [0.05, 0.1) is 24.3 Å². The van der Waals surface area contributed by atoms with Crippen LogP contribution >= 0.6 is 0 Å². The number of benzene rings is 2. The van der Waals surface area contributed by atoms with E-state index in [1.807, 2.05) is 60.7 Å². The SMILES string of the molecule is CCCCC/C=C\C/C=C\CCCCCCCCC1(CCCCCCCC/C=C\C/C=C\CCCCC)CCC2(CC1)O[C@H]1CC(NC(=O)OCc3ccccc3)[C@@H](NC(=O)OCc3ccccc3)C[C@H]1O2. The molecular weight excluding hydrogens is 893 g/mol. The van der Waals surface area contributed by atoms with Crippen LogP contribution in [0.2, 0.25) is 0 Å². The summed E-state index contributed by atoms with van der Waals surface area (Å²) in [5, 5.41) is 6.17. The first-order chi connectivity index (χ1) is 35.4. The van der Waals surface area contributed by atoms with Gasteiger partial charge in [0.15, 0.2) is 5.79 Å². The quantitative estimate of drug-likeness (QED) is 0.0522. The average molecular weight is 991 g/mol. The molecule has 1 saturated heterocycles. The Morgan fingerprint density at radius 2 is 0.847 bits per heavy atom. The van der Waals surface area contributed by atoms with Gasteiger partial charge in [-0.2, -0.15) is 0 Å². The van der Waals surface area contributed by atoms with Crippen LogP contribution in [0.5, 0.6) is 0 Å². The van der Waals surface area contributed by atoms with Crippen molar-refractivity contribution in [3.8, 4) is 0 Å². The number of ether oxygens (including phenoxy) is 4. The summed E-state index contributed by atoms with van der Waals surface area (Å²) in [6, 6.07) is 18.5. The number of amides is 2. The number of rotatable bonds is 36. The van der Waals surface area contributed by atoms with Crippen LogP contribution in [0.25, 0.3) is 0 Å². The van der Waals surface area contributed by atoms with Crippen LogP contribution in [0.3, 0.4) is 0 Å². The smallest absolute Gasteiger partial charge is 0.407 e. The van der Waals surface area contributed by atoms with Gasteiger partial charge in [0.1, 0.15) is 13.2 Å². The molecule has 400 valence electrons. The van der Waals surface area contributed by atoms with Crippen molar-refractivity contribution in [1.29, 1.82) is 0 Å². The zero-order chi connectivity index (χ0) is 50.6. The molecule has 0 bridgehead atoms. The summed E-state index contributed by atoms with van der Waals surface area (Å²) in [4.78, 5) is 26.5. The van der Waals surface area contributed by atoms with E-state index in [2.05, 4.69) is 73.1 Å². The second-order valence-corrected chi connectivity index (χ2v) is 21.5. The number of hydrogen-bond acceptors (Lipinski definition) is 6. The van der Waals surface area contributed by atoms with Gasteiger partial charge in [-0.05, 0) is 119 Å². The van der Waals surface area contributed by atoms with Crippen LogP contribution in [0.1, 0.15) is 230 Å². The molecule has 2 aromatic carbocycles. The third-order valence-corrected chi connectivity index (χ3v) is 15.5. The van der Waals surface area contributed by atoms with Gasteiger partial charge in [-0.1, -0.05) is 213 Å². The fourth-order valence-electron chi connectivity index (χ4n) is 11.1. The predicted octanol–water partition coefficient (Wildman–Crippen LogP) is 17.8. The van der Waals surface area contributed by atoms with Crippen molar-refractivity contribution in [2.75, 3.05) is 0 Å². The number of allylic oxidation sites excluding steroid dienone is 8. The lowest BCUT2D eigenvalue weighted by atomic mass is 9.66. The standard InChI is InChI=1S/C64H98N2O6/c1-3-5-7-9-11-13-15-17-19-21-23-25-27-29-31-39-45-63(46-40-32-30-28-26-24-22-20-18-16-14-12-10-8-6-4-2)47-49-64(50-48-63)71-59-51-57(65-61(67)69-53-55-41-35-33-36-42-55)58(52-60(59)72-64)66-62(68)70-54-56-43-37-34-38-44-56/h11-14,17-20,33-38,41-44,57-60H,3-10,15-16,21-32,39-40,45-54H2,1-2H3,(H,65,67)(H,66,68)/b13-11-,14-12-,19-17-,20-18-/t57-,58?,59+,60-/m0/s1. The number of hydrogen-bond donors (Lipinski definition) is 2. The molecule has 3 aliphatic rings. The minimum atomic E-state index is -0.626. The molecule has 1 aliphatic heterocycles. The molecule has 3 fully saturated rings. The third-order valence-electron chi connectivity index (χ3n) is 15.5. The van der Waals surface area contributed by atoms with E-state index in [0.29, 0.717) is 18.3 Å². The zero-order valence-corrected chi connectivity index (χ0v) is 45.2. The second-order valence-electron chi connectivity index (χ2n) is 21.5. The number of alkyl carbamates (subject to hydrolysis) is 2. The molecule has 2 N–H and O–H groups in total. The van der Waals surface area contributed by atoms with Gasteiger partial charge in [0, 0.05) is 12.8 Å². The monoisotopic (exact) mass is 991 g/mol. The molecule has 4 atom stereocenters. The van der Waals surface area contributed by atoms with Crippen molar-refractivity contribution in [3.63, 3.8) is 0 Å². The van der Waals surface area contributed by atoms with Gasteiger partial charge < -0.3 is 29.6 Å². The topological polar surface area (TPSA) is 95.1 Å². The second kappa shape index (κ2) is 35.9. The van der Waals surface area contributed by atoms with E-state index in [-0.39, 0.29) is 25.4 Å². The normalized spacial score (nSPS) is 20.5. The van der Waals surface area contributed by atoms with E-state index in [1.54, 1.807) is 0 Å². The molecule has 2 aliphatic carbocycles. The Morgan fingerprint density at radius 1 is 0.486 bits per heavy atom. The first-order valence-electron chi connectivity index (χ1n) is 29.3. The lowest BCUT2D eigenvalue weighted by Crippen LogP contribution is -2.58. The maximum Gasteiger partial charge on any atom is 0.407 e. The third kappa shape index (κ3) is 23.8. The molecule has 0 radical (unpaired) electrons. The van der Waals surface area contributed by atoms with Crippen molar-refractivity contribution in [2.24, 2.45) is 5.41 Å². The molecule has 1 unspecified atom stereocenters. The molecule has 1 spiro atoms. The number of fused-ring (bicyclic) bond motifs is 1. The number of nitrogens with one attached hydrogen (secondary N) is 2.